The number of hydrogen-bond acceptors (Lipinski definition) is 5. The van der Waals surface area contributed by atoms with E-state index in [4.69, 9.17) is 4.74 Å². The smallest absolute Gasteiger partial charge is 0.135 e. The number of hydrogen-bond donors (Lipinski definition) is 2. The predicted octanol–water partition coefficient (Wildman–Crippen LogP) is 2.79. The maximum atomic E-state index is 5.15. The number of methoxy groups -OCH3 is 1. The van der Waals surface area contributed by atoms with E-state index in [1.807, 2.05) is 6.92 Å². The lowest BCUT2D eigenvalue weighted by Crippen LogP contribution is -2.23. The Bertz CT molecular complexity index is 407. The number of rotatable bonds is 7. The van der Waals surface area contributed by atoms with Crippen LogP contribution in [0.1, 0.15) is 45.0 Å². The maximum absolute atomic E-state index is 5.15. The van der Waals surface area contributed by atoms with Gasteiger partial charge in [0.15, 0.2) is 0 Å². The Hall–Kier alpha value is -1.36. The molecule has 1 heterocycles. The van der Waals surface area contributed by atoms with Gasteiger partial charge in [-0.2, -0.15) is 0 Å². The average Bonchev–Trinajstić information content (AvgIpc) is 2.34. The number of aromatic nitrogens is 2. The maximum Gasteiger partial charge on any atom is 0.135 e. The van der Waals surface area contributed by atoms with E-state index in [1.165, 1.54) is 0 Å². The fraction of sp³-hybridized carbons (Fsp3) is 0.714. The molecule has 0 spiro atoms. The zero-order valence-electron chi connectivity index (χ0n) is 12.9. The standard InChI is InChI=1S/C14H26N4O/c1-7-15-13-11(5)14(16-10(4)8-19-6)18-12(17-13)9(2)3/h9-10H,7-8H2,1-6H3,(H2,15,16,17,18). The van der Waals surface area contributed by atoms with Gasteiger partial charge in [0.1, 0.15) is 17.5 Å². The molecule has 0 aliphatic carbocycles. The minimum atomic E-state index is 0.216. The number of nitrogens with zero attached hydrogens (tertiary/aromatic N) is 2. The Kier molecular flexibility index (Phi) is 6.02. The van der Waals surface area contributed by atoms with E-state index < -0.39 is 0 Å². The average molecular weight is 266 g/mol. The van der Waals surface area contributed by atoms with Crippen molar-refractivity contribution < 1.29 is 4.74 Å². The van der Waals surface area contributed by atoms with Gasteiger partial charge in [-0.05, 0) is 20.8 Å². The largest absolute Gasteiger partial charge is 0.383 e. The third-order valence-corrected chi connectivity index (χ3v) is 2.82. The molecule has 0 aromatic carbocycles. The van der Waals surface area contributed by atoms with Gasteiger partial charge < -0.3 is 15.4 Å². The highest BCUT2D eigenvalue weighted by molar-refractivity contribution is 5.57. The third kappa shape index (κ3) is 4.35. The lowest BCUT2D eigenvalue weighted by molar-refractivity contribution is 0.190. The minimum Gasteiger partial charge on any atom is -0.383 e. The van der Waals surface area contributed by atoms with Gasteiger partial charge in [0.05, 0.1) is 6.61 Å². The quantitative estimate of drug-likeness (QED) is 0.794. The molecule has 1 atom stereocenters. The van der Waals surface area contributed by atoms with Crippen LogP contribution in [0.5, 0.6) is 0 Å². The summed E-state index contributed by atoms with van der Waals surface area (Å²) in [7, 11) is 1.70. The van der Waals surface area contributed by atoms with E-state index in [2.05, 4.69) is 48.3 Å². The van der Waals surface area contributed by atoms with E-state index in [0.717, 1.165) is 29.6 Å². The Morgan fingerprint density at radius 1 is 1.16 bits per heavy atom. The van der Waals surface area contributed by atoms with Crippen LogP contribution in [-0.2, 0) is 4.74 Å². The van der Waals surface area contributed by atoms with Crippen LogP contribution in [0.25, 0.3) is 0 Å². The Balaban J connectivity index is 3.06. The van der Waals surface area contributed by atoms with Crippen molar-refractivity contribution in [2.75, 3.05) is 30.9 Å². The first kappa shape index (κ1) is 15.7. The summed E-state index contributed by atoms with van der Waals surface area (Å²) in [5.41, 5.74) is 1.05. The molecule has 5 nitrogen and oxygen atoms in total. The van der Waals surface area contributed by atoms with E-state index in [0.29, 0.717) is 12.5 Å². The monoisotopic (exact) mass is 266 g/mol. The fourth-order valence-electron chi connectivity index (χ4n) is 1.80. The van der Waals surface area contributed by atoms with Crippen LogP contribution in [0, 0.1) is 6.92 Å². The molecule has 0 saturated heterocycles. The van der Waals surface area contributed by atoms with Crippen LogP contribution in [0.2, 0.25) is 0 Å². The SMILES string of the molecule is CCNc1nc(C(C)C)nc(NC(C)COC)c1C. The van der Waals surface area contributed by atoms with Crippen molar-refractivity contribution >= 4 is 11.6 Å². The van der Waals surface area contributed by atoms with Gasteiger partial charge >= 0.3 is 0 Å². The van der Waals surface area contributed by atoms with Crippen LogP contribution in [0.3, 0.4) is 0 Å². The summed E-state index contributed by atoms with van der Waals surface area (Å²) in [4.78, 5) is 9.20. The molecule has 0 bridgehead atoms. The molecule has 19 heavy (non-hydrogen) atoms. The molecule has 108 valence electrons. The first-order valence-corrected chi connectivity index (χ1v) is 6.87. The Morgan fingerprint density at radius 3 is 2.32 bits per heavy atom. The number of anilines is 2. The first-order chi connectivity index (χ1) is 8.99. The third-order valence-electron chi connectivity index (χ3n) is 2.82. The second-order valence-corrected chi connectivity index (χ2v) is 5.09. The van der Waals surface area contributed by atoms with Crippen molar-refractivity contribution in [2.24, 2.45) is 0 Å². The van der Waals surface area contributed by atoms with Crippen LogP contribution in [0.4, 0.5) is 11.6 Å². The van der Waals surface area contributed by atoms with Crippen molar-refractivity contribution in [3.63, 3.8) is 0 Å². The van der Waals surface area contributed by atoms with E-state index in [9.17, 15) is 0 Å². The summed E-state index contributed by atoms with van der Waals surface area (Å²) >= 11 is 0. The van der Waals surface area contributed by atoms with Crippen molar-refractivity contribution in [1.82, 2.24) is 9.97 Å². The molecule has 0 saturated carbocycles. The second kappa shape index (κ2) is 7.28. The molecule has 0 radical (unpaired) electrons. The van der Waals surface area contributed by atoms with E-state index in [1.54, 1.807) is 7.11 Å². The summed E-state index contributed by atoms with van der Waals surface area (Å²) in [6.45, 7) is 11.9. The van der Waals surface area contributed by atoms with Gasteiger partial charge in [0.25, 0.3) is 0 Å². The van der Waals surface area contributed by atoms with Crippen molar-refractivity contribution in [2.45, 2.75) is 46.6 Å². The molecule has 1 aromatic heterocycles. The minimum absolute atomic E-state index is 0.216. The van der Waals surface area contributed by atoms with Gasteiger partial charge in [-0.15, -0.1) is 0 Å². The van der Waals surface area contributed by atoms with Crippen molar-refractivity contribution in [1.29, 1.82) is 0 Å². The number of ether oxygens (including phenoxy) is 1. The summed E-state index contributed by atoms with van der Waals surface area (Å²) in [5, 5.41) is 6.68. The van der Waals surface area contributed by atoms with Gasteiger partial charge in [0, 0.05) is 31.2 Å². The van der Waals surface area contributed by atoms with Gasteiger partial charge in [-0.25, -0.2) is 9.97 Å². The highest BCUT2D eigenvalue weighted by Crippen LogP contribution is 2.23. The normalized spacial score (nSPS) is 12.6. The summed E-state index contributed by atoms with van der Waals surface area (Å²) in [6, 6.07) is 0.216. The zero-order valence-corrected chi connectivity index (χ0v) is 12.9. The van der Waals surface area contributed by atoms with Crippen LogP contribution in [-0.4, -0.2) is 36.3 Å². The Labute approximate surface area is 116 Å². The molecular weight excluding hydrogens is 240 g/mol. The lowest BCUT2D eigenvalue weighted by atomic mass is 10.2. The molecule has 0 amide bonds. The van der Waals surface area contributed by atoms with Crippen molar-refractivity contribution in [3.8, 4) is 0 Å². The van der Waals surface area contributed by atoms with E-state index >= 15 is 0 Å². The first-order valence-electron chi connectivity index (χ1n) is 6.87. The van der Waals surface area contributed by atoms with Gasteiger partial charge in [0.2, 0.25) is 0 Å². The summed E-state index contributed by atoms with van der Waals surface area (Å²) in [6.07, 6.45) is 0. The molecule has 0 aliphatic rings. The highest BCUT2D eigenvalue weighted by atomic mass is 16.5. The number of nitrogens with one attached hydrogen (secondary N) is 2. The molecule has 2 N–H and O–H groups in total. The highest BCUT2D eigenvalue weighted by Gasteiger charge is 2.14. The zero-order chi connectivity index (χ0) is 14.4. The van der Waals surface area contributed by atoms with Gasteiger partial charge in [-0.3, -0.25) is 0 Å². The molecule has 0 aliphatic heterocycles. The molecule has 1 rings (SSSR count). The van der Waals surface area contributed by atoms with E-state index in [-0.39, 0.29) is 6.04 Å². The summed E-state index contributed by atoms with van der Waals surface area (Å²) < 4.78 is 5.15. The van der Waals surface area contributed by atoms with Crippen LogP contribution in [0.15, 0.2) is 0 Å². The Morgan fingerprint density at radius 2 is 1.79 bits per heavy atom. The molecule has 5 heteroatoms. The predicted molar refractivity (Wildman–Crippen MR) is 80.0 cm³/mol. The van der Waals surface area contributed by atoms with Gasteiger partial charge in [-0.1, -0.05) is 13.8 Å². The fourth-order valence-corrected chi connectivity index (χ4v) is 1.80. The van der Waals surface area contributed by atoms with Crippen LogP contribution >= 0.6 is 0 Å². The summed E-state index contributed by atoms with van der Waals surface area (Å²) in [5.74, 6) is 2.96. The molecular formula is C14H26N4O. The molecule has 1 aromatic rings. The topological polar surface area (TPSA) is 59.1 Å². The molecule has 0 fully saturated rings. The van der Waals surface area contributed by atoms with Crippen LogP contribution < -0.4 is 10.6 Å². The van der Waals surface area contributed by atoms with Crippen molar-refractivity contribution in [3.05, 3.63) is 11.4 Å². The molecule has 1 unspecified atom stereocenters. The second-order valence-electron chi connectivity index (χ2n) is 5.09. The lowest BCUT2D eigenvalue weighted by Gasteiger charge is -2.19.